The van der Waals surface area contributed by atoms with Crippen LogP contribution in [0.4, 0.5) is 0 Å². The normalized spacial score (nSPS) is 25.1. The first-order valence-corrected chi connectivity index (χ1v) is 9.07. The van der Waals surface area contributed by atoms with Crippen LogP contribution in [0.3, 0.4) is 0 Å². The van der Waals surface area contributed by atoms with Crippen LogP contribution in [-0.2, 0) is 9.53 Å². The fourth-order valence-corrected chi connectivity index (χ4v) is 4.45. The van der Waals surface area contributed by atoms with Gasteiger partial charge in [-0.1, -0.05) is 18.6 Å². The first-order valence-electron chi connectivity index (χ1n) is 9.07. The van der Waals surface area contributed by atoms with Gasteiger partial charge in [0.2, 0.25) is 0 Å². The van der Waals surface area contributed by atoms with Gasteiger partial charge < -0.3 is 14.8 Å². The van der Waals surface area contributed by atoms with Crippen molar-refractivity contribution in [1.82, 2.24) is 9.97 Å². The van der Waals surface area contributed by atoms with Gasteiger partial charge in [0.15, 0.2) is 11.6 Å². The number of aromatic amines is 1. The van der Waals surface area contributed by atoms with Crippen LogP contribution in [0.15, 0.2) is 30.0 Å². The van der Waals surface area contributed by atoms with Gasteiger partial charge >= 0.3 is 5.97 Å². The standard InChI is InChI=1S/C20H21N3O3/c21-10-15(20-22-16-3-1-2-4-17(16)23-20)18(24)11-26-19(25)9-14-8-12-5-6-13(14)7-12/h1-4,12-14,24H,5-9,11H2,(H,22,23)/b18-15-/t12-,13-,14+/m1/s1. The van der Waals surface area contributed by atoms with Crippen LogP contribution >= 0.6 is 0 Å². The Morgan fingerprint density at radius 3 is 2.88 bits per heavy atom. The van der Waals surface area contributed by atoms with Crippen LogP contribution in [0.25, 0.3) is 16.6 Å². The monoisotopic (exact) mass is 351 g/mol. The van der Waals surface area contributed by atoms with Gasteiger partial charge in [-0.05, 0) is 49.1 Å². The largest absolute Gasteiger partial charge is 0.507 e. The number of fused-ring (bicyclic) bond motifs is 3. The molecule has 134 valence electrons. The number of allylic oxidation sites excluding steroid dienone is 1. The Hall–Kier alpha value is -2.81. The quantitative estimate of drug-likeness (QED) is 0.486. The molecule has 1 aromatic heterocycles. The van der Waals surface area contributed by atoms with Crippen molar-refractivity contribution in [2.75, 3.05) is 6.61 Å². The van der Waals surface area contributed by atoms with E-state index < -0.39 is 0 Å². The van der Waals surface area contributed by atoms with Crippen LogP contribution in [0.2, 0.25) is 0 Å². The molecular weight excluding hydrogens is 330 g/mol. The number of imidazole rings is 1. The number of H-pyrrole nitrogens is 1. The smallest absolute Gasteiger partial charge is 0.306 e. The Morgan fingerprint density at radius 2 is 2.19 bits per heavy atom. The Kier molecular flexibility index (Phi) is 4.37. The molecule has 26 heavy (non-hydrogen) atoms. The number of aliphatic hydroxyl groups is 1. The van der Waals surface area contributed by atoms with E-state index in [-0.39, 0.29) is 29.7 Å². The summed E-state index contributed by atoms with van der Waals surface area (Å²) in [6, 6.07) is 9.30. The molecule has 2 aliphatic rings. The van der Waals surface area contributed by atoms with Gasteiger partial charge in [0.05, 0.1) is 11.0 Å². The van der Waals surface area contributed by atoms with Crippen molar-refractivity contribution < 1.29 is 14.6 Å². The highest BCUT2D eigenvalue weighted by molar-refractivity contribution is 5.83. The molecule has 1 heterocycles. The Labute approximate surface area is 151 Å². The molecule has 6 heteroatoms. The van der Waals surface area contributed by atoms with E-state index in [0.717, 1.165) is 17.9 Å². The molecule has 3 atom stereocenters. The van der Waals surface area contributed by atoms with Crippen LogP contribution in [0.5, 0.6) is 0 Å². The van der Waals surface area contributed by atoms with E-state index >= 15 is 0 Å². The molecular formula is C20H21N3O3. The Morgan fingerprint density at radius 1 is 1.35 bits per heavy atom. The minimum absolute atomic E-state index is 0.00563. The number of carbonyl (C=O) groups is 1. The van der Waals surface area contributed by atoms with Gasteiger partial charge in [-0.15, -0.1) is 0 Å². The number of rotatable bonds is 5. The summed E-state index contributed by atoms with van der Waals surface area (Å²) in [6.45, 7) is -0.306. The highest BCUT2D eigenvalue weighted by Crippen LogP contribution is 2.49. The maximum absolute atomic E-state index is 12.1. The highest BCUT2D eigenvalue weighted by atomic mass is 16.5. The van der Waals surface area contributed by atoms with Crippen LogP contribution in [-0.4, -0.2) is 27.7 Å². The van der Waals surface area contributed by atoms with E-state index in [0.29, 0.717) is 23.8 Å². The predicted molar refractivity (Wildman–Crippen MR) is 95.8 cm³/mol. The summed E-state index contributed by atoms with van der Waals surface area (Å²) in [5.74, 6) is 1.53. The summed E-state index contributed by atoms with van der Waals surface area (Å²) in [7, 11) is 0. The van der Waals surface area contributed by atoms with E-state index in [1.54, 1.807) is 0 Å². The van der Waals surface area contributed by atoms with Crippen molar-refractivity contribution in [2.24, 2.45) is 17.8 Å². The lowest BCUT2D eigenvalue weighted by Crippen LogP contribution is -2.18. The van der Waals surface area contributed by atoms with E-state index in [9.17, 15) is 15.2 Å². The topological polar surface area (TPSA) is 99.0 Å². The molecule has 0 spiro atoms. The molecule has 2 N–H and O–H groups in total. The molecule has 0 radical (unpaired) electrons. The second kappa shape index (κ2) is 6.83. The number of carbonyl (C=O) groups excluding carboxylic acids is 1. The van der Waals surface area contributed by atoms with Gasteiger partial charge in [0.25, 0.3) is 0 Å². The average molecular weight is 351 g/mol. The number of nitriles is 1. The third-order valence-corrected chi connectivity index (χ3v) is 5.71. The number of aromatic nitrogens is 2. The van der Waals surface area contributed by atoms with E-state index in [2.05, 4.69) is 9.97 Å². The molecule has 2 aromatic rings. The number of para-hydroxylation sites is 2. The fourth-order valence-electron chi connectivity index (χ4n) is 4.45. The molecule has 2 bridgehead atoms. The molecule has 0 amide bonds. The zero-order valence-electron chi connectivity index (χ0n) is 14.4. The Bertz CT molecular complexity index is 875. The van der Waals surface area contributed by atoms with Crippen molar-refractivity contribution >= 4 is 22.6 Å². The van der Waals surface area contributed by atoms with Gasteiger partial charge in [-0.2, -0.15) is 5.26 Å². The third kappa shape index (κ3) is 3.17. The number of aliphatic hydroxyl groups excluding tert-OH is 1. The molecule has 0 saturated heterocycles. The fraction of sp³-hybridized carbons (Fsp3) is 0.450. The predicted octanol–water partition coefficient (Wildman–Crippen LogP) is 3.73. The molecule has 4 rings (SSSR count). The summed E-state index contributed by atoms with van der Waals surface area (Å²) in [6.07, 6.45) is 5.28. The van der Waals surface area contributed by atoms with Gasteiger partial charge in [0.1, 0.15) is 18.2 Å². The summed E-state index contributed by atoms with van der Waals surface area (Å²) in [5.41, 5.74) is 1.47. The lowest BCUT2D eigenvalue weighted by molar-refractivity contribution is -0.144. The molecule has 6 nitrogen and oxygen atoms in total. The van der Waals surface area contributed by atoms with E-state index in [1.165, 1.54) is 19.3 Å². The zero-order chi connectivity index (χ0) is 18.1. The van der Waals surface area contributed by atoms with Gasteiger partial charge in [0, 0.05) is 6.42 Å². The number of nitrogens with one attached hydrogen (secondary N) is 1. The van der Waals surface area contributed by atoms with Crippen molar-refractivity contribution in [1.29, 1.82) is 5.26 Å². The number of esters is 1. The molecule has 2 aliphatic carbocycles. The molecule has 2 fully saturated rings. The van der Waals surface area contributed by atoms with Crippen molar-refractivity contribution in [3.05, 3.63) is 35.8 Å². The van der Waals surface area contributed by atoms with Gasteiger partial charge in [-0.25, -0.2) is 4.98 Å². The molecule has 2 saturated carbocycles. The van der Waals surface area contributed by atoms with Crippen LogP contribution < -0.4 is 0 Å². The van der Waals surface area contributed by atoms with Crippen molar-refractivity contribution in [3.63, 3.8) is 0 Å². The molecule has 0 unspecified atom stereocenters. The lowest BCUT2D eigenvalue weighted by Gasteiger charge is -2.20. The second-order valence-electron chi connectivity index (χ2n) is 7.34. The van der Waals surface area contributed by atoms with Crippen molar-refractivity contribution in [3.8, 4) is 6.07 Å². The number of nitrogens with zero attached hydrogens (tertiary/aromatic N) is 2. The van der Waals surface area contributed by atoms with Crippen LogP contribution in [0, 0.1) is 29.1 Å². The summed E-state index contributed by atoms with van der Waals surface area (Å²) >= 11 is 0. The number of benzene rings is 1. The summed E-state index contributed by atoms with van der Waals surface area (Å²) in [4.78, 5) is 19.4. The summed E-state index contributed by atoms with van der Waals surface area (Å²) in [5, 5.41) is 19.6. The Balaban J connectivity index is 1.40. The molecule has 1 aromatic carbocycles. The second-order valence-corrected chi connectivity index (χ2v) is 7.34. The average Bonchev–Trinajstić information content (AvgIpc) is 3.35. The maximum atomic E-state index is 12.1. The summed E-state index contributed by atoms with van der Waals surface area (Å²) < 4.78 is 5.21. The minimum atomic E-state index is -0.309. The molecule has 0 aliphatic heterocycles. The first-order chi connectivity index (χ1) is 12.6. The lowest BCUT2D eigenvalue weighted by atomic mass is 9.86. The van der Waals surface area contributed by atoms with Crippen molar-refractivity contribution in [2.45, 2.75) is 32.1 Å². The number of hydrogen-bond donors (Lipinski definition) is 2. The van der Waals surface area contributed by atoms with Gasteiger partial charge in [-0.3, -0.25) is 4.79 Å². The zero-order valence-corrected chi connectivity index (χ0v) is 14.4. The van der Waals surface area contributed by atoms with E-state index in [4.69, 9.17) is 4.74 Å². The van der Waals surface area contributed by atoms with Crippen LogP contribution in [0.1, 0.15) is 37.9 Å². The third-order valence-electron chi connectivity index (χ3n) is 5.71. The van der Waals surface area contributed by atoms with E-state index in [1.807, 2.05) is 30.3 Å². The SMILES string of the molecule is N#C/C(=C(/O)COC(=O)C[C@@H]1C[C@@H]2CC[C@@H]1C2)c1nc2ccccc2[nH]1. The maximum Gasteiger partial charge on any atom is 0.306 e. The highest BCUT2D eigenvalue weighted by Gasteiger charge is 2.40. The number of hydrogen-bond acceptors (Lipinski definition) is 5. The minimum Gasteiger partial charge on any atom is -0.507 e. The first kappa shape index (κ1) is 16.6. The number of ether oxygens (including phenoxy) is 1.